The molecule has 0 aliphatic rings. The summed E-state index contributed by atoms with van der Waals surface area (Å²) in [4.78, 5) is 22.9. The average molecular weight is 277 g/mol. The lowest BCUT2D eigenvalue weighted by Gasteiger charge is -2.08. The molecule has 0 radical (unpaired) electrons. The summed E-state index contributed by atoms with van der Waals surface area (Å²) >= 11 is 0. The van der Waals surface area contributed by atoms with Gasteiger partial charge in [0.15, 0.2) is 0 Å². The van der Waals surface area contributed by atoms with Crippen LogP contribution in [0.5, 0.6) is 0 Å². The van der Waals surface area contributed by atoms with Gasteiger partial charge in [-0.05, 0) is 44.0 Å². The van der Waals surface area contributed by atoms with E-state index in [-0.39, 0.29) is 17.9 Å². The molecule has 2 amide bonds. The zero-order valence-corrected chi connectivity index (χ0v) is 12.1. The molecule has 0 fully saturated rings. The molecule has 1 aromatic carbocycles. The summed E-state index contributed by atoms with van der Waals surface area (Å²) in [5.74, 6) is -0.0475. The van der Waals surface area contributed by atoms with E-state index >= 15 is 0 Å². The van der Waals surface area contributed by atoms with Crippen molar-refractivity contribution in [3.05, 3.63) is 24.3 Å². The summed E-state index contributed by atoms with van der Waals surface area (Å²) in [6.45, 7) is 3.73. The quantitative estimate of drug-likeness (QED) is 0.716. The highest BCUT2D eigenvalue weighted by molar-refractivity contribution is 5.92. The van der Waals surface area contributed by atoms with Gasteiger partial charge in [-0.15, -0.1) is 0 Å². The summed E-state index contributed by atoms with van der Waals surface area (Å²) in [5.41, 5.74) is 7.09. The highest BCUT2D eigenvalue weighted by Crippen LogP contribution is 2.14. The molecule has 0 saturated carbocycles. The molecule has 5 nitrogen and oxygen atoms in total. The monoisotopic (exact) mass is 277 g/mol. The van der Waals surface area contributed by atoms with Gasteiger partial charge in [0.2, 0.25) is 11.8 Å². The van der Waals surface area contributed by atoms with Crippen LogP contribution in [0.15, 0.2) is 24.3 Å². The molecule has 0 saturated heterocycles. The van der Waals surface area contributed by atoms with Gasteiger partial charge in [-0.3, -0.25) is 9.59 Å². The molecule has 1 rings (SSSR count). The van der Waals surface area contributed by atoms with Crippen molar-refractivity contribution in [2.45, 2.75) is 45.6 Å². The topological polar surface area (TPSA) is 84.2 Å². The Balaban J connectivity index is 2.40. The highest BCUT2D eigenvalue weighted by atomic mass is 16.2. The molecule has 0 aliphatic heterocycles. The number of nitrogens with one attached hydrogen (secondary N) is 2. The predicted molar refractivity (Wildman–Crippen MR) is 81.5 cm³/mol. The number of amides is 2. The van der Waals surface area contributed by atoms with Crippen LogP contribution in [0.25, 0.3) is 0 Å². The Morgan fingerprint density at radius 2 is 1.60 bits per heavy atom. The second-order valence-corrected chi connectivity index (χ2v) is 4.90. The SMILES string of the molecule is CCC(=O)Nc1ccc(NC(=O)CCCC(C)N)cc1. The zero-order valence-electron chi connectivity index (χ0n) is 12.1. The van der Waals surface area contributed by atoms with E-state index in [0.29, 0.717) is 12.8 Å². The van der Waals surface area contributed by atoms with Crippen molar-refractivity contribution in [1.29, 1.82) is 0 Å². The molecular weight excluding hydrogens is 254 g/mol. The number of rotatable bonds is 7. The molecule has 0 aromatic heterocycles. The van der Waals surface area contributed by atoms with E-state index in [4.69, 9.17) is 5.73 Å². The van der Waals surface area contributed by atoms with E-state index in [2.05, 4.69) is 10.6 Å². The first kappa shape index (κ1) is 16.2. The van der Waals surface area contributed by atoms with Gasteiger partial charge in [0.05, 0.1) is 0 Å². The summed E-state index contributed by atoms with van der Waals surface area (Å²) in [6, 6.07) is 7.21. The lowest BCUT2D eigenvalue weighted by atomic mass is 10.1. The third-order valence-corrected chi connectivity index (χ3v) is 2.84. The molecule has 1 aromatic rings. The standard InChI is InChI=1S/C15H23N3O2/c1-3-14(19)17-12-7-9-13(10-8-12)18-15(20)6-4-5-11(2)16/h7-11H,3-6,16H2,1-2H3,(H,17,19)(H,18,20). The fourth-order valence-corrected chi connectivity index (χ4v) is 1.69. The normalized spacial score (nSPS) is 11.8. The van der Waals surface area contributed by atoms with Gasteiger partial charge in [-0.25, -0.2) is 0 Å². The summed E-state index contributed by atoms with van der Waals surface area (Å²) in [7, 11) is 0. The molecule has 0 bridgehead atoms. The minimum atomic E-state index is -0.0299. The van der Waals surface area contributed by atoms with Crippen LogP contribution in [0.4, 0.5) is 11.4 Å². The molecule has 20 heavy (non-hydrogen) atoms. The van der Waals surface area contributed by atoms with Crippen molar-refractivity contribution in [2.75, 3.05) is 10.6 Å². The van der Waals surface area contributed by atoms with E-state index in [0.717, 1.165) is 24.2 Å². The first-order valence-electron chi connectivity index (χ1n) is 6.96. The zero-order chi connectivity index (χ0) is 15.0. The third kappa shape index (κ3) is 6.33. The van der Waals surface area contributed by atoms with Gasteiger partial charge < -0.3 is 16.4 Å². The van der Waals surface area contributed by atoms with Crippen LogP contribution in [-0.2, 0) is 9.59 Å². The molecule has 4 N–H and O–H groups in total. The first-order valence-corrected chi connectivity index (χ1v) is 6.96. The van der Waals surface area contributed by atoms with Gasteiger partial charge >= 0.3 is 0 Å². The van der Waals surface area contributed by atoms with Gasteiger partial charge in [0.25, 0.3) is 0 Å². The number of hydrogen-bond acceptors (Lipinski definition) is 3. The van der Waals surface area contributed by atoms with Crippen LogP contribution in [0.3, 0.4) is 0 Å². The molecule has 1 unspecified atom stereocenters. The minimum absolute atomic E-state index is 0.0176. The maximum absolute atomic E-state index is 11.7. The fraction of sp³-hybridized carbons (Fsp3) is 0.467. The van der Waals surface area contributed by atoms with E-state index < -0.39 is 0 Å². The first-order chi connectivity index (χ1) is 9.51. The van der Waals surface area contributed by atoms with Gasteiger partial charge in [0, 0.05) is 30.3 Å². The molecular formula is C15H23N3O2. The fourth-order valence-electron chi connectivity index (χ4n) is 1.69. The van der Waals surface area contributed by atoms with E-state index in [1.807, 2.05) is 6.92 Å². The lowest BCUT2D eigenvalue weighted by Crippen LogP contribution is -2.16. The van der Waals surface area contributed by atoms with Crippen LogP contribution in [0, 0.1) is 0 Å². The average Bonchev–Trinajstić information content (AvgIpc) is 2.40. The van der Waals surface area contributed by atoms with Crippen LogP contribution >= 0.6 is 0 Å². The maximum Gasteiger partial charge on any atom is 0.224 e. The Morgan fingerprint density at radius 1 is 1.10 bits per heavy atom. The number of benzene rings is 1. The Bertz CT molecular complexity index is 441. The van der Waals surface area contributed by atoms with Crippen molar-refractivity contribution >= 4 is 23.2 Å². The summed E-state index contributed by atoms with van der Waals surface area (Å²) < 4.78 is 0. The molecule has 5 heteroatoms. The van der Waals surface area contributed by atoms with Crippen molar-refractivity contribution < 1.29 is 9.59 Å². The van der Waals surface area contributed by atoms with Gasteiger partial charge in [-0.2, -0.15) is 0 Å². The summed E-state index contributed by atoms with van der Waals surface area (Å²) in [5, 5.41) is 5.57. The van der Waals surface area contributed by atoms with E-state index in [9.17, 15) is 9.59 Å². The lowest BCUT2D eigenvalue weighted by molar-refractivity contribution is -0.117. The maximum atomic E-state index is 11.7. The second-order valence-electron chi connectivity index (χ2n) is 4.90. The van der Waals surface area contributed by atoms with Gasteiger partial charge in [0.1, 0.15) is 0 Å². The minimum Gasteiger partial charge on any atom is -0.328 e. The van der Waals surface area contributed by atoms with Crippen LogP contribution < -0.4 is 16.4 Å². The van der Waals surface area contributed by atoms with Crippen LogP contribution in [0.2, 0.25) is 0 Å². The Kier molecular flexibility index (Phi) is 6.73. The molecule has 0 aliphatic carbocycles. The number of anilines is 2. The molecule has 110 valence electrons. The van der Waals surface area contributed by atoms with Crippen molar-refractivity contribution in [3.63, 3.8) is 0 Å². The number of hydrogen-bond donors (Lipinski definition) is 3. The molecule has 0 spiro atoms. The van der Waals surface area contributed by atoms with Gasteiger partial charge in [-0.1, -0.05) is 6.92 Å². The van der Waals surface area contributed by atoms with Crippen molar-refractivity contribution in [3.8, 4) is 0 Å². The molecule has 1 atom stereocenters. The largest absolute Gasteiger partial charge is 0.328 e. The second kappa shape index (κ2) is 8.32. The summed E-state index contributed by atoms with van der Waals surface area (Å²) in [6.07, 6.45) is 2.54. The number of carbonyl (C=O) groups is 2. The van der Waals surface area contributed by atoms with E-state index in [1.54, 1.807) is 31.2 Å². The Labute approximate surface area is 119 Å². The highest BCUT2D eigenvalue weighted by Gasteiger charge is 2.04. The molecule has 0 heterocycles. The van der Waals surface area contributed by atoms with Crippen LogP contribution in [-0.4, -0.2) is 17.9 Å². The van der Waals surface area contributed by atoms with Crippen molar-refractivity contribution in [1.82, 2.24) is 0 Å². The van der Waals surface area contributed by atoms with Crippen molar-refractivity contribution in [2.24, 2.45) is 5.73 Å². The predicted octanol–water partition coefficient (Wildman–Crippen LogP) is 2.49. The van der Waals surface area contributed by atoms with E-state index in [1.165, 1.54) is 0 Å². The van der Waals surface area contributed by atoms with Crippen LogP contribution in [0.1, 0.15) is 39.5 Å². The Morgan fingerprint density at radius 3 is 2.05 bits per heavy atom. The number of nitrogens with two attached hydrogens (primary N) is 1. The smallest absolute Gasteiger partial charge is 0.224 e. The number of carbonyl (C=O) groups excluding carboxylic acids is 2. The third-order valence-electron chi connectivity index (χ3n) is 2.84. The Hall–Kier alpha value is -1.88.